The number of carbonyl (C=O) groups excluding carboxylic acids is 1. The van der Waals surface area contributed by atoms with Gasteiger partial charge in [0.15, 0.2) is 0 Å². The maximum Gasteiger partial charge on any atom is 0.254 e. The van der Waals surface area contributed by atoms with E-state index in [1.165, 1.54) is 25.7 Å². The Labute approximate surface area is 115 Å². The maximum absolute atomic E-state index is 11.9. The number of nitrogens with zero attached hydrogens (tertiary/aromatic N) is 3. The minimum Gasteiger partial charge on any atom is -0.350 e. The maximum atomic E-state index is 11.9. The summed E-state index contributed by atoms with van der Waals surface area (Å²) >= 11 is 0. The van der Waals surface area contributed by atoms with E-state index in [9.17, 15) is 4.79 Å². The van der Waals surface area contributed by atoms with Gasteiger partial charge >= 0.3 is 0 Å². The summed E-state index contributed by atoms with van der Waals surface area (Å²) in [4.78, 5) is 14.4. The number of aromatic nitrogens is 2. The summed E-state index contributed by atoms with van der Waals surface area (Å²) in [5, 5.41) is 7.01. The fourth-order valence-corrected chi connectivity index (χ4v) is 2.55. The molecule has 1 fully saturated rings. The van der Waals surface area contributed by atoms with Gasteiger partial charge in [0.25, 0.3) is 5.91 Å². The van der Waals surface area contributed by atoms with Crippen molar-refractivity contribution in [2.75, 3.05) is 19.6 Å². The Morgan fingerprint density at radius 2 is 2.05 bits per heavy atom. The van der Waals surface area contributed by atoms with Crippen LogP contribution in [0, 0.1) is 0 Å². The van der Waals surface area contributed by atoms with Crippen molar-refractivity contribution in [3.63, 3.8) is 0 Å². The Morgan fingerprint density at radius 1 is 1.37 bits per heavy atom. The van der Waals surface area contributed by atoms with E-state index in [1.807, 2.05) is 7.05 Å². The van der Waals surface area contributed by atoms with E-state index >= 15 is 0 Å². The first-order chi connectivity index (χ1) is 9.16. The van der Waals surface area contributed by atoms with Gasteiger partial charge in [0.05, 0.1) is 11.8 Å². The van der Waals surface area contributed by atoms with Crippen LogP contribution in [0.4, 0.5) is 0 Å². The summed E-state index contributed by atoms with van der Waals surface area (Å²) in [7, 11) is 1.82. The first kappa shape index (κ1) is 14.1. The second-order valence-corrected chi connectivity index (χ2v) is 5.41. The van der Waals surface area contributed by atoms with Crippen molar-refractivity contribution >= 4 is 5.91 Å². The van der Waals surface area contributed by atoms with E-state index in [1.54, 1.807) is 17.1 Å². The number of aryl methyl sites for hydroxylation is 1. The van der Waals surface area contributed by atoms with Crippen LogP contribution < -0.4 is 5.32 Å². The van der Waals surface area contributed by atoms with Gasteiger partial charge < -0.3 is 5.32 Å². The molecule has 1 aromatic heterocycles. The molecule has 1 amide bonds. The lowest BCUT2D eigenvalue weighted by molar-refractivity contribution is 0.0936. The fraction of sp³-hybridized carbons (Fsp3) is 0.714. The molecule has 5 heteroatoms. The molecular weight excluding hydrogens is 240 g/mol. The monoisotopic (exact) mass is 264 g/mol. The van der Waals surface area contributed by atoms with Crippen LogP contribution >= 0.6 is 0 Å². The minimum absolute atomic E-state index is 0.0326. The Hall–Kier alpha value is -1.36. The molecule has 106 valence electrons. The average Bonchev–Trinajstić information content (AvgIpc) is 2.68. The van der Waals surface area contributed by atoms with Crippen molar-refractivity contribution in [1.29, 1.82) is 0 Å². The lowest BCUT2D eigenvalue weighted by Gasteiger charge is -2.27. The normalized spacial score (nSPS) is 18.8. The number of nitrogens with one attached hydrogen (secondary N) is 1. The standard InChI is InChI=1S/C14H24N4O/c1-12(18-7-5-3-4-6-8-18)9-15-14(19)13-10-16-17(2)11-13/h10-12H,3-9H2,1-2H3,(H,15,19). The van der Waals surface area contributed by atoms with Crippen molar-refractivity contribution in [3.05, 3.63) is 18.0 Å². The molecule has 2 heterocycles. The minimum atomic E-state index is -0.0326. The molecule has 0 saturated carbocycles. The summed E-state index contributed by atoms with van der Waals surface area (Å²) < 4.78 is 1.65. The Morgan fingerprint density at radius 3 is 2.63 bits per heavy atom. The van der Waals surface area contributed by atoms with Gasteiger partial charge in [-0.3, -0.25) is 14.4 Å². The molecule has 1 aliphatic heterocycles. The predicted octanol–water partition coefficient (Wildman–Crippen LogP) is 1.41. The molecule has 1 N–H and O–H groups in total. The van der Waals surface area contributed by atoms with Crippen LogP contribution in [-0.4, -0.2) is 46.3 Å². The van der Waals surface area contributed by atoms with Crippen molar-refractivity contribution in [2.45, 2.75) is 38.6 Å². The zero-order chi connectivity index (χ0) is 13.7. The molecule has 1 aromatic rings. The third-order valence-electron chi connectivity index (χ3n) is 3.79. The summed E-state index contributed by atoms with van der Waals surface area (Å²) in [6.45, 7) is 5.20. The van der Waals surface area contributed by atoms with Gasteiger partial charge in [-0.15, -0.1) is 0 Å². The molecular formula is C14H24N4O. The molecule has 0 aromatic carbocycles. The van der Waals surface area contributed by atoms with Gasteiger partial charge in [0.2, 0.25) is 0 Å². The van der Waals surface area contributed by atoms with Crippen LogP contribution in [0.15, 0.2) is 12.4 Å². The molecule has 2 rings (SSSR count). The molecule has 5 nitrogen and oxygen atoms in total. The molecule has 19 heavy (non-hydrogen) atoms. The molecule has 0 radical (unpaired) electrons. The van der Waals surface area contributed by atoms with Crippen LogP contribution in [0.25, 0.3) is 0 Å². The summed E-state index contributed by atoms with van der Waals surface area (Å²) in [5.41, 5.74) is 0.630. The van der Waals surface area contributed by atoms with E-state index in [2.05, 4.69) is 22.2 Å². The Bertz CT molecular complexity index is 407. The van der Waals surface area contributed by atoms with Crippen LogP contribution in [0.3, 0.4) is 0 Å². The number of likely N-dealkylation sites (tertiary alicyclic amines) is 1. The van der Waals surface area contributed by atoms with E-state index in [0.717, 1.165) is 13.1 Å². The predicted molar refractivity (Wildman–Crippen MR) is 75.0 cm³/mol. The molecule has 1 saturated heterocycles. The first-order valence-electron chi connectivity index (χ1n) is 7.17. The molecule has 1 aliphatic rings. The average molecular weight is 264 g/mol. The number of hydrogen-bond acceptors (Lipinski definition) is 3. The zero-order valence-electron chi connectivity index (χ0n) is 11.9. The largest absolute Gasteiger partial charge is 0.350 e. The third-order valence-corrected chi connectivity index (χ3v) is 3.79. The van der Waals surface area contributed by atoms with Crippen LogP contribution in [0.1, 0.15) is 43.0 Å². The molecule has 0 spiro atoms. The Balaban J connectivity index is 1.79. The molecule has 1 atom stereocenters. The van der Waals surface area contributed by atoms with Crippen molar-refractivity contribution in [1.82, 2.24) is 20.0 Å². The van der Waals surface area contributed by atoms with Crippen molar-refractivity contribution < 1.29 is 4.79 Å². The van der Waals surface area contributed by atoms with E-state index in [0.29, 0.717) is 18.2 Å². The molecule has 1 unspecified atom stereocenters. The second-order valence-electron chi connectivity index (χ2n) is 5.41. The highest BCUT2D eigenvalue weighted by Gasteiger charge is 2.16. The van der Waals surface area contributed by atoms with Crippen molar-refractivity contribution in [3.8, 4) is 0 Å². The van der Waals surface area contributed by atoms with E-state index in [4.69, 9.17) is 0 Å². The van der Waals surface area contributed by atoms with Gasteiger partial charge in [-0.1, -0.05) is 12.8 Å². The second kappa shape index (κ2) is 6.70. The highest BCUT2D eigenvalue weighted by atomic mass is 16.1. The first-order valence-corrected chi connectivity index (χ1v) is 7.17. The molecule has 0 aliphatic carbocycles. The van der Waals surface area contributed by atoms with Gasteiger partial charge in [-0.2, -0.15) is 5.10 Å². The summed E-state index contributed by atoms with van der Waals surface area (Å²) in [5.74, 6) is -0.0326. The Kier molecular flexibility index (Phi) is 4.96. The smallest absolute Gasteiger partial charge is 0.254 e. The number of hydrogen-bond donors (Lipinski definition) is 1. The van der Waals surface area contributed by atoms with Crippen LogP contribution in [-0.2, 0) is 7.05 Å². The van der Waals surface area contributed by atoms with Gasteiger partial charge in [0, 0.05) is 25.8 Å². The lowest BCUT2D eigenvalue weighted by atomic mass is 10.2. The van der Waals surface area contributed by atoms with E-state index in [-0.39, 0.29) is 5.91 Å². The number of carbonyl (C=O) groups is 1. The highest BCUT2D eigenvalue weighted by molar-refractivity contribution is 5.93. The zero-order valence-corrected chi connectivity index (χ0v) is 11.9. The fourth-order valence-electron chi connectivity index (χ4n) is 2.55. The van der Waals surface area contributed by atoms with Gasteiger partial charge in [0.1, 0.15) is 0 Å². The lowest BCUT2D eigenvalue weighted by Crippen LogP contribution is -2.42. The van der Waals surface area contributed by atoms with Crippen LogP contribution in [0.2, 0.25) is 0 Å². The number of rotatable bonds is 4. The third kappa shape index (κ3) is 4.06. The van der Waals surface area contributed by atoms with Crippen LogP contribution in [0.5, 0.6) is 0 Å². The summed E-state index contributed by atoms with van der Waals surface area (Å²) in [6.07, 6.45) is 8.58. The summed E-state index contributed by atoms with van der Waals surface area (Å²) in [6, 6.07) is 0.402. The van der Waals surface area contributed by atoms with E-state index < -0.39 is 0 Å². The highest BCUT2D eigenvalue weighted by Crippen LogP contribution is 2.12. The SMILES string of the molecule is CC(CNC(=O)c1cnn(C)c1)N1CCCCCC1. The van der Waals surface area contributed by atoms with Gasteiger partial charge in [-0.05, 0) is 32.9 Å². The number of amides is 1. The van der Waals surface area contributed by atoms with Gasteiger partial charge in [-0.25, -0.2) is 0 Å². The molecule has 0 bridgehead atoms. The van der Waals surface area contributed by atoms with Crippen molar-refractivity contribution in [2.24, 2.45) is 7.05 Å². The topological polar surface area (TPSA) is 50.2 Å². The quantitative estimate of drug-likeness (QED) is 0.894.